The zero-order valence-electron chi connectivity index (χ0n) is 11.4. The maximum atomic E-state index is 4.21. The van der Waals surface area contributed by atoms with Crippen molar-refractivity contribution in [1.82, 2.24) is 9.97 Å². The molecule has 0 fully saturated rings. The Balaban J connectivity index is 1.92. The second-order valence-corrected chi connectivity index (χ2v) is 5.89. The van der Waals surface area contributed by atoms with Crippen molar-refractivity contribution in [2.45, 2.75) is 33.6 Å². The average Bonchev–Trinajstić information content (AvgIpc) is 2.33. The second-order valence-electron chi connectivity index (χ2n) is 5.89. The topological polar surface area (TPSA) is 37.8 Å². The van der Waals surface area contributed by atoms with Crippen molar-refractivity contribution >= 4 is 16.6 Å². The number of anilines is 1. The molecule has 1 N–H and O–H groups in total. The zero-order chi connectivity index (χ0) is 13.0. The minimum atomic E-state index is 0.416. The normalized spacial score (nSPS) is 11.7. The second kappa shape index (κ2) is 5.34. The molecule has 0 unspecified atom stereocenters. The van der Waals surface area contributed by atoms with Gasteiger partial charge >= 0.3 is 0 Å². The molecule has 1 heterocycles. The van der Waals surface area contributed by atoms with Crippen LogP contribution >= 0.6 is 0 Å². The summed E-state index contributed by atoms with van der Waals surface area (Å²) in [5.41, 5.74) is 2.55. The molecule has 18 heavy (non-hydrogen) atoms. The van der Waals surface area contributed by atoms with Gasteiger partial charge in [0.25, 0.3) is 0 Å². The number of aromatic nitrogens is 2. The zero-order valence-corrected chi connectivity index (χ0v) is 11.4. The van der Waals surface area contributed by atoms with Crippen LogP contribution in [-0.4, -0.2) is 16.5 Å². The first kappa shape index (κ1) is 12.8. The summed E-state index contributed by atoms with van der Waals surface area (Å²) in [6.07, 6.45) is 5.85. The van der Waals surface area contributed by atoms with Crippen molar-refractivity contribution in [2.75, 3.05) is 11.9 Å². The summed E-state index contributed by atoms with van der Waals surface area (Å²) in [5.74, 6) is 0. The van der Waals surface area contributed by atoms with Gasteiger partial charge in [-0.05, 0) is 36.5 Å². The van der Waals surface area contributed by atoms with Crippen LogP contribution in [0.2, 0.25) is 0 Å². The monoisotopic (exact) mass is 243 g/mol. The number of hydrogen-bond donors (Lipinski definition) is 1. The molecule has 96 valence electrons. The van der Waals surface area contributed by atoms with E-state index in [4.69, 9.17) is 0 Å². The van der Waals surface area contributed by atoms with Gasteiger partial charge in [0.05, 0.1) is 5.52 Å². The first-order valence-corrected chi connectivity index (χ1v) is 6.48. The van der Waals surface area contributed by atoms with E-state index in [9.17, 15) is 0 Å². The molecule has 0 saturated heterocycles. The van der Waals surface area contributed by atoms with Crippen LogP contribution < -0.4 is 5.32 Å². The molecule has 0 aliphatic carbocycles. The lowest BCUT2D eigenvalue weighted by atomic mass is 9.91. The molecule has 0 aliphatic heterocycles. The van der Waals surface area contributed by atoms with Gasteiger partial charge in [-0.25, -0.2) is 9.97 Å². The molecule has 0 saturated carbocycles. The van der Waals surface area contributed by atoms with Gasteiger partial charge in [-0.2, -0.15) is 0 Å². The molecule has 3 heteroatoms. The van der Waals surface area contributed by atoms with Gasteiger partial charge in [0.15, 0.2) is 0 Å². The molecular weight excluding hydrogens is 222 g/mol. The van der Waals surface area contributed by atoms with Crippen LogP contribution in [0.15, 0.2) is 30.7 Å². The number of fused-ring (bicyclic) bond motifs is 1. The third kappa shape index (κ3) is 3.69. The summed E-state index contributed by atoms with van der Waals surface area (Å²) in [6, 6.07) is 6.21. The number of nitrogens with one attached hydrogen (secondary N) is 1. The Morgan fingerprint density at radius 3 is 2.83 bits per heavy atom. The summed E-state index contributed by atoms with van der Waals surface area (Å²) < 4.78 is 0. The van der Waals surface area contributed by atoms with E-state index in [1.807, 2.05) is 12.3 Å². The average molecular weight is 243 g/mol. The highest BCUT2D eigenvalue weighted by atomic mass is 14.9. The van der Waals surface area contributed by atoms with E-state index < -0.39 is 0 Å². The van der Waals surface area contributed by atoms with Crippen LogP contribution in [0.4, 0.5) is 5.69 Å². The summed E-state index contributed by atoms with van der Waals surface area (Å²) in [4.78, 5) is 8.26. The van der Waals surface area contributed by atoms with E-state index in [0.29, 0.717) is 5.41 Å². The summed E-state index contributed by atoms with van der Waals surface area (Å²) in [7, 11) is 0. The fraction of sp³-hybridized carbons (Fsp3) is 0.467. The largest absolute Gasteiger partial charge is 0.385 e. The lowest BCUT2D eigenvalue weighted by Crippen LogP contribution is -2.09. The van der Waals surface area contributed by atoms with Gasteiger partial charge in [0, 0.05) is 23.8 Å². The molecule has 3 nitrogen and oxygen atoms in total. The Bertz CT molecular complexity index is 514. The van der Waals surface area contributed by atoms with Crippen LogP contribution in [-0.2, 0) is 0 Å². The van der Waals surface area contributed by atoms with Crippen molar-refractivity contribution in [1.29, 1.82) is 0 Å². The van der Waals surface area contributed by atoms with Crippen molar-refractivity contribution in [3.8, 4) is 0 Å². The van der Waals surface area contributed by atoms with Gasteiger partial charge in [-0.3, -0.25) is 0 Å². The molecule has 0 spiro atoms. The molecule has 0 atom stereocenters. The number of hydrogen-bond acceptors (Lipinski definition) is 3. The predicted octanol–water partition coefficient (Wildman–Crippen LogP) is 3.87. The van der Waals surface area contributed by atoms with Gasteiger partial charge in [-0.1, -0.05) is 20.8 Å². The molecular formula is C15H21N3. The molecule has 0 radical (unpaired) electrons. The fourth-order valence-electron chi connectivity index (χ4n) is 1.95. The predicted molar refractivity (Wildman–Crippen MR) is 76.7 cm³/mol. The summed E-state index contributed by atoms with van der Waals surface area (Å²) in [5, 5.41) is 4.54. The molecule has 0 amide bonds. The van der Waals surface area contributed by atoms with Crippen molar-refractivity contribution in [3.63, 3.8) is 0 Å². The van der Waals surface area contributed by atoms with E-state index in [1.165, 1.54) is 12.8 Å². The minimum absolute atomic E-state index is 0.416. The van der Waals surface area contributed by atoms with E-state index in [-0.39, 0.29) is 0 Å². The number of nitrogens with zero attached hydrogens (tertiary/aromatic N) is 2. The third-order valence-electron chi connectivity index (χ3n) is 2.94. The molecule has 0 bridgehead atoms. The minimum Gasteiger partial charge on any atom is -0.385 e. The van der Waals surface area contributed by atoms with Crippen LogP contribution in [0.3, 0.4) is 0 Å². The Labute approximate surface area is 109 Å². The van der Waals surface area contributed by atoms with E-state index in [2.05, 4.69) is 48.2 Å². The Morgan fingerprint density at radius 1 is 1.22 bits per heavy atom. The number of rotatable bonds is 4. The standard InChI is InChI=1S/C15H21N3/c1-15(2,3)7-4-8-17-13-5-6-14-12(9-13)10-16-11-18-14/h5-6,9-11,17H,4,7-8H2,1-3H3. The van der Waals surface area contributed by atoms with E-state index >= 15 is 0 Å². The molecule has 1 aromatic carbocycles. The molecule has 1 aromatic heterocycles. The van der Waals surface area contributed by atoms with Crippen molar-refractivity contribution in [3.05, 3.63) is 30.7 Å². The Hall–Kier alpha value is -1.64. The van der Waals surface area contributed by atoms with Crippen molar-refractivity contribution in [2.24, 2.45) is 5.41 Å². The van der Waals surface area contributed by atoms with Crippen LogP contribution in [0, 0.1) is 5.41 Å². The first-order chi connectivity index (χ1) is 8.54. The summed E-state index contributed by atoms with van der Waals surface area (Å²) >= 11 is 0. The SMILES string of the molecule is CC(C)(C)CCCNc1ccc2ncncc2c1. The molecule has 0 aliphatic rings. The summed E-state index contributed by atoms with van der Waals surface area (Å²) in [6.45, 7) is 7.84. The van der Waals surface area contributed by atoms with Gasteiger partial charge in [-0.15, -0.1) is 0 Å². The fourth-order valence-corrected chi connectivity index (χ4v) is 1.95. The highest BCUT2D eigenvalue weighted by Gasteiger charge is 2.08. The van der Waals surface area contributed by atoms with Gasteiger partial charge < -0.3 is 5.32 Å². The maximum Gasteiger partial charge on any atom is 0.116 e. The first-order valence-electron chi connectivity index (χ1n) is 6.48. The molecule has 2 rings (SSSR count). The lowest BCUT2D eigenvalue weighted by Gasteiger charge is -2.18. The quantitative estimate of drug-likeness (QED) is 0.828. The molecule has 2 aromatic rings. The Kier molecular flexibility index (Phi) is 3.80. The van der Waals surface area contributed by atoms with Gasteiger partial charge in [0.2, 0.25) is 0 Å². The maximum absolute atomic E-state index is 4.21. The Morgan fingerprint density at radius 2 is 2.06 bits per heavy atom. The van der Waals surface area contributed by atoms with Gasteiger partial charge in [0.1, 0.15) is 6.33 Å². The van der Waals surface area contributed by atoms with Crippen molar-refractivity contribution < 1.29 is 0 Å². The van der Waals surface area contributed by atoms with E-state index in [0.717, 1.165) is 23.1 Å². The van der Waals surface area contributed by atoms with Crippen LogP contribution in [0.25, 0.3) is 10.9 Å². The lowest BCUT2D eigenvalue weighted by molar-refractivity contribution is 0.370. The van der Waals surface area contributed by atoms with E-state index in [1.54, 1.807) is 6.33 Å². The van der Waals surface area contributed by atoms with Crippen LogP contribution in [0.1, 0.15) is 33.6 Å². The third-order valence-corrected chi connectivity index (χ3v) is 2.94. The smallest absolute Gasteiger partial charge is 0.116 e. The number of benzene rings is 1. The highest BCUT2D eigenvalue weighted by molar-refractivity contribution is 5.81. The van der Waals surface area contributed by atoms with Crippen LogP contribution in [0.5, 0.6) is 0 Å². The highest BCUT2D eigenvalue weighted by Crippen LogP contribution is 2.21.